The van der Waals surface area contributed by atoms with Crippen molar-refractivity contribution in [1.29, 1.82) is 0 Å². The Kier molecular flexibility index (Phi) is 7.26. The first kappa shape index (κ1) is 24.3. The second-order valence-corrected chi connectivity index (χ2v) is 9.94. The molecule has 3 heterocycles. The Morgan fingerprint density at radius 2 is 2.00 bits per heavy atom. The zero-order valence-corrected chi connectivity index (χ0v) is 20.7. The second kappa shape index (κ2) is 10.2. The van der Waals surface area contributed by atoms with E-state index < -0.39 is 0 Å². The van der Waals surface area contributed by atoms with E-state index >= 15 is 0 Å². The van der Waals surface area contributed by atoms with Gasteiger partial charge in [-0.15, -0.1) is 0 Å². The van der Waals surface area contributed by atoms with Crippen LogP contribution in [0.5, 0.6) is 0 Å². The molecule has 1 aromatic carbocycles. The van der Waals surface area contributed by atoms with Gasteiger partial charge in [-0.2, -0.15) is 4.73 Å². The van der Waals surface area contributed by atoms with Gasteiger partial charge in [0.15, 0.2) is 5.52 Å². The lowest BCUT2D eigenvalue weighted by molar-refractivity contribution is -0.575. The van der Waals surface area contributed by atoms with Gasteiger partial charge < -0.3 is 24.1 Å². The van der Waals surface area contributed by atoms with Gasteiger partial charge in [0.25, 0.3) is 0 Å². The first-order valence-electron chi connectivity index (χ1n) is 12.3. The number of ether oxygens (including phenoxy) is 2. The number of unbranched alkanes of at least 4 members (excludes halogenated alkanes) is 1. The molecule has 0 saturated carbocycles. The van der Waals surface area contributed by atoms with Crippen molar-refractivity contribution in [3.05, 3.63) is 41.5 Å². The number of rotatable bonds is 7. The summed E-state index contributed by atoms with van der Waals surface area (Å²) in [4.78, 5) is 19.5. The van der Waals surface area contributed by atoms with E-state index in [4.69, 9.17) is 14.5 Å². The molecule has 0 aliphatic carbocycles. The first-order valence-corrected chi connectivity index (χ1v) is 12.3. The summed E-state index contributed by atoms with van der Waals surface area (Å²) in [5.41, 5.74) is 2.05. The van der Waals surface area contributed by atoms with Gasteiger partial charge in [-0.3, -0.25) is 0 Å². The molecule has 1 fully saturated rings. The lowest BCUT2D eigenvalue weighted by atomic mass is 9.99. The molecule has 1 saturated heterocycles. The van der Waals surface area contributed by atoms with Crippen molar-refractivity contribution in [2.24, 2.45) is 0 Å². The number of aryl methyl sites for hydroxylation is 2. The molecule has 0 radical (unpaired) electrons. The summed E-state index contributed by atoms with van der Waals surface area (Å²) >= 11 is 0. The number of para-hydroxylation sites is 1. The van der Waals surface area contributed by atoms with Crippen molar-refractivity contribution in [3.8, 4) is 0 Å². The van der Waals surface area contributed by atoms with Gasteiger partial charge in [0, 0.05) is 43.8 Å². The van der Waals surface area contributed by atoms with Crippen molar-refractivity contribution in [1.82, 2.24) is 14.5 Å². The fourth-order valence-corrected chi connectivity index (χ4v) is 4.97. The number of hydrogen-bond acceptors (Lipinski definition) is 5. The average molecular weight is 469 g/mol. The Hall–Kier alpha value is -2.87. The molecule has 0 spiro atoms. The Morgan fingerprint density at radius 3 is 2.71 bits per heavy atom. The Balaban J connectivity index is 1.41. The van der Waals surface area contributed by atoms with Crippen LogP contribution in [0.2, 0.25) is 0 Å². The molecule has 1 aliphatic rings. The van der Waals surface area contributed by atoms with Crippen LogP contribution in [0.25, 0.3) is 21.9 Å². The lowest BCUT2D eigenvalue weighted by Crippen LogP contribution is -2.53. The van der Waals surface area contributed by atoms with Crippen molar-refractivity contribution in [2.75, 3.05) is 19.8 Å². The molecule has 4 rings (SSSR count). The molecule has 8 heteroatoms. The SMILES string of the molecule is CCc1nc2c[n+]([O-])c3ccccc3c2n1CCCCOC(=O)N(C1CCOCC1)C(C)(C)C. The van der Waals surface area contributed by atoms with E-state index in [1.165, 1.54) is 0 Å². The van der Waals surface area contributed by atoms with E-state index in [0.717, 1.165) is 60.1 Å². The predicted molar refractivity (Wildman–Crippen MR) is 132 cm³/mol. The molecular weight excluding hydrogens is 432 g/mol. The van der Waals surface area contributed by atoms with E-state index in [1.807, 2.05) is 29.2 Å². The van der Waals surface area contributed by atoms with E-state index in [9.17, 15) is 10.0 Å². The number of benzene rings is 1. The fourth-order valence-electron chi connectivity index (χ4n) is 4.97. The monoisotopic (exact) mass is 468 g/mol. The third kappa shape index (κ3) is 4.97. The van der Waals surface area contributed by atoms with Gasteiger partial charge in [0.1, 0.15) is 5.82 Å². The zero-order valence-electron chi connectivity index (χ0n) is 20.7. The maximum absolute atomic E-state index is 13.0. The molecule has 2 aromatic heterocycles. The molecule has 1 aliphatic heterocycles. The van der Waals surface area contributed by atoms with Crippen molar-refractivity contribution in [3.63, 3.8) is 0 Å². The number of pyridine rings is 1. The van der Waals surface area contributed by atoms with Gasteiger partial charge in [0.05, 0.1) is 17.5 Å². The smallest absolute Gasteiger partial charge is 0.410 e. The van der Waals surface area contributed by atoms with Gasteiger partial charge in [-0.25, -0.2) is 9.78 Å². The lowest BCUT2D eigenvalue weighted by Gasteiger charge is -2.42. The number of imidazole rings is 1. The summed E-state index contributed by atoms with van der Waals surface area (Å²) in [6, 6.07) is 7.79. The van der Waals surface area contributed by atoms with Crippen LogP contribution in [0.4, 0.5) is 4.79 Å². The number of nitrogens with zero attached hydrogens (tertiary/aromatic N) is 4. The van der Waals surface area contributed by atoms with E-state index in [0.29, 0.717) is 30.9 Å². The highest BCUT2D eigenvalue weighted by Crippen LogP contribution is 2.26. The zero-order chi connectivity index (χ0) is 24.3. The molecule has 3 aromatic rings. The number of carbonyl (C=O) groups excluding carboxylic acids is 1. The average Bonchev–Trinajstić information content (AvgIpc) is 3.16. The summed E-state index contributed by atoms with van der Waals surface area (Å²) in [7, 11) is 0. The van der Waals surface area contributed by atoms with Crippen molar-refractivity contribution in [2.45, 2.75) is 77.9 Å². The van der Waals surface area contributed by atoms with Crippen molar-refractivity contribution >= 4 is 28.0 Å². The fraction of sp³-hybridized carbons (Fsp3) is 0.577. The maximum Gasteiger partial charge on any atom is 0.410 e. The molecule has 0 atom stereocenters. The molecule has 0 N–H and O–H groups in total. The quantitative estimate of drug-likeness (QED) is 0.288. The van der Waals surface area contributed by atoms with Crippen molar-refractivity contribution < 1.29 is 19.0 Å². The van der Waals surface area contributed by atoms with E-state index in [-0.39, 0.29) is 17.7 Å². The molecule has 0 unspecified atom stereocenters. The molecule has 34 heavy (non-hydrogen) atoms. The van der Waals surface area contributed by atoms with E-state index in [2.05, 4.69) is 32.3 Å². The predicted octanol–water partition coefficient (Wildman–Crippen LogP) is 4.58. The minimum Gasteiger partial charge on any atom is -0.618 e. The normalized spacial score (nSPS) is 15.2. The second-order valence-electron chi connectivity index (χ2n) is 9.94. The Bertz CT molecular complexity index is 1150. The highest BCUT2D eigenvalue weighted by atomic mass is 16.6. The number of amides is 1. The van der Waals surface area contributed by atoms with Crippen LogP contribution in [0.1, 0.15) is 59.2 Å². The molecule has 184 valence electrons. The summed E-state index contributed by atoms with van der Waals surface area (Å²) in [5, 5.41) is 13.3. The van der Waals surface area contributed by atoms with E-state index in [1.54, 1.807) is 6.20 Å². The number of carbonyl (C=O) groups is 1. The third-order valence-electron chi connectivity index (χ3n) is 6.50. The van der Waals surface area contributed by atoms with Crippen LogP contribution in [0.3, 0.4) is 0 Å². The first-order chi connectivity index (χ1) is 16.3. The van der Waals surface area contributed by atoms with Crippen LogP contribution < -0.4 is 4.73 Å². The molecule has 8 nitrogen and oxygen atoms in total. The molecular formula is C26H36N4O4. The maximum atomic E-state index is 13.0. The van der Waals surface area contributed by atoms with Gasteiger partial charge in [-0.05, 0) is 52.5 Å². The minimum absolute atomic E-state index is 0.155. The summed E-state index contributed by atoms with van der Waals surface area (Å²) in [6.07, 6.45) is 5.39. The summed E-state index contributed by atoms with van der Waals surface area (Å²) in [6.45, 7) is 10.7. The van der Waals surface area contributed by atoms with Crippen LogP contribution in [0.15, 0.2) is 30.5 Å². The van der Waals surface area contributed by atoms with Gasteiger partial charge >= 0.3 is 6.09 Å². The van der Waals surface area contributed by atoms with Crippen LogP contribution in [-0.4, -0.2) is 51.9 Å². The number of hydrogen-bond donors (Lipinski definition) is 0. The minimum atomic E-state index is -0.301. The van der Waals surface area contributed by atoms with Gasteiger partial charge in [-0.1, -0.05) is 19.1 Å². The standard InChI is InChI=1S/C26H36N4O4/c1-5-23-27-21-18-29(32)22-11-7-6-10-20(22)24(21)28(23)14-8-9-15-34-25(31)30(26(2,3)4)19-12-16-33-17-13-19/h6-7,10-11,18-19H,5,8-9,12-17H2,1-4H3. The van der Waals surface area contributed by atoms with Crippen LogP contribution >= 0.6 is 0 Å². The summed E-state index contributed by atoms with van der Waals surface area (Å²) in [5.74, 6) is 0.960. The highest BCUT2D eigenvalue weighted by Gasteiger charge is 2.35. The number of aromatic nitrogens is 3. The largest absolute Gasteiger partial charge is 0.618 e. The highest BCUT2D eigenvalue weighted by molar-refractivity contribution is 6.00. The third-order valence-corrected chi connectivity index (χ3v) is 6.50. The topological polar surface area (TPSA) is 83.5 Å². The number of fused-ring (bicyclic) bond motifs is 3. The molecule has 1 amide bonds. The Labute approximate surface area is 201 Å². The van der Waals surface area contributed by atoms with Gasteiger partial charge in [0.2, 0.25) is 11.7 Å². The van der Waals surface area contributed by atoms with Crippen LogP contribution in [-0.2, 0) is 22.4 Å². The Morgan fingerprint density at radius 1 is 1.26 bits per heavy atom. The summed E-state index contributed by atoms with van der Waals surface area (Å²) < 4.78 is 14.3. The molecule has 0 bridgehead atoms. The van der Waals surface area contributed by atoms with Crippen LogP contribution in [0, 0.1) is 5.21 Å².